The summed E-state index contributed by atoms with van der Waals surface area (Å²) in [6, 6.07) is 16.0. The van der Waals surface area contributed by atoms with E-state index in [0.717, 1.165) is 29.8 Å². The molecule has 4 rings (SSSR count). The van der Waals surface area contributed by atoms with Crippen LogP contribution in [0.15, 0.2) is 53.9 Å². The summed E-state index contributed by atoms with van der Waals surface area (Å²) in [4.78, 5) is 26.3. The van der Waals surface area contributed by atoms with Crippen LogP contribution >= 0.6 is 11.3 Å². The molecular formula is C24H29N5O2S. The molecule has 1 saturated heterocycles. The third-order valence-electron chi connectivity index (χ3n) is 5.81. The van der Waals surface area contributed by atoms with E-state index in [-0.39, 0.29) is 23.8 Å². The summed E-state index contributed by atoms with van der Waals surface area (Å²) in [7, 11) is 0. The Morgan fingerprint density at radius 1 is 1.22 bits per heavy atom. The lowest BCUT2D eigenvalue weighted by molar-refractivity contribution is -0.130. The van der Waals surface area contributed by atoms with E-state index >= 15 is 0 Å². The maximum atomic E-state index is 12.7. The molecule has 0 saturated carbocycles. The Morgan fingerprint density at radius 3 is 2.72 bits per heavy atom. The van der Waals surface area contributed by atoms with Gasteiger partial charge in [0, 0.05) is 18.5 Å². The minimum atomic E-state index is -0.520. The molecule has 168 valence electrons. The van der Waals surface area contributed by atoms with Gasteiger partial charge in [0.15, 0.2) is 6.29 Å². The van der Waals surface area contributed by atoms with Gasteiger partial charge in [-0.3, -0.25) is 14.9 Å². The minimum Gasteiger partial charge on any atom is -0.322 e. The second-order valence-corrected chi connectivity index (χ2v) is 9.05. The number of rotatable bonds is 8. The van der Waals surface area contributed by atoms with Crippen molar-refractivity contribution in [2.24, 2.45) is 5.92 Å². The zero-order valence-electron chi connectivity index (χ0n) is 18.4. The first-order chi connectivity index (χ1) is 15.5. The Hall–Kier alpha value is -2.97. The third-order valence-corrected chi connectivity index (χ3v) is 6.71. The van der Waals surface area contributed by atoms with Crippen molar-refractivity contribution in [3.63, 3.8) is 0 Å². The summed E-state index contributed by atoms with van der Waals surface area (Å²) >= 11 is 1.58. The number of aromatic nitrogens is 2. The topological polar surface area (TPSA) is 88.1 Å². The van der Waals surface area contributed by atoms with E-state index in [2.05, 4.69) is 28.1 Å². The van der Waals surface area contributed by atoms with Gasteiger partial charge in [-0.05, 0) is 43.2 Å². The Kier molecular flexibility index (Phi) is 7.02. The van der Waals surface area contributed by atoms with Gasteiger partial charge in [-0.25, -0.2) is 4.68 Å². The fraction of sp³-hybridized carbons (Fsp3) is 0.375. The fourth-order valence-electron chi connectivity index (χ4n) is 4.08. The van der Waals surface area contributed by atoms with Gasteiger partial charge in [-0.2, -0.15) is 5.10 Å². The molecule has 2 aromatic heterocycles. The number of hydrogen-bond donors (Lipinski definition) is 3. The Balaban J connectivity index is 1.49. The molecule has 3 N–H and O–H groups in total. The standard InChI is InChI=1S/C24H29N5O2S/c1-3-18-16(2)25-24(27-23(18)31)29-21(15-19(28-29)20-12-8-14-32-20)26-22(30)13-7-11-17-9-5-4-6-10-17/h4-6,8-10,12,14-16,18,24-25H,3,7,11,13H2,1-2H3,(H,26,30)(H,27,31). The van der Waals surface area contributed by atoms with Gasteiger partial charge in [0.05, 0.1) is 10.8 Å². The van der Waals surface area contributed by atoms with Crippen LogP contribution < -0.4 is 16.0 Å². The average molecular weight is 452 g/mol. The van der Waals surface area contributed by atoms with Gasteiger partial charge in [0.1, 0.15) is 11.5 Å². The largest absolute Gasteiger partial charge is 0.322 e. The minimum absolute atomic E-state index is 0.00237. The SMILES string of the molecule is CCC1C(=O)NC(n2nc(-c3cccs3)cc2NC(=O)CCCc2ccccc2)NC1C. The molecule has 1 aromatic carbocycles. The molecule has 3 heterocycles. The molecule has 32 heavy (non-hydrogen) atoms. The number of benzene rings is 1. The summed E-state index contributed by atoms with van der Waals surface area (Å²) in [6.45, 7) is 4.01. The number of hydrogen-bond acceptors (Lipinski definition) is 5. The predicted octanol–water partition coefficient (Wildman–Crippen LogP) is 4.16. The van der Waals surface area contributed by atoms with Crippen molar-refractivity contribution in [3.8, 4) is 10.6 Å². The van der Waals surface area contributed by atoms with Crippen molar-refractivity contribution in [1.29, 1.82) is 0 Å². The van der Waals surface area contributed by atoms with Gasteiger partial charge in [0.2, 0.25) is 11.8 Å². The lowest BCUT2D eigenvalue weighted by Crippen LogP contribution is -2.57. The first-order valence-electron chi connectivity index (χ1n) is 11.1. The number of nitrogens with one attached hydrogen (secondary N) is 3. The molecule has 7 nitrogen and oxygen atoms in total. The van der Waals surface area contributed by atoms with Crippen molar-refractivity contribution in [3.05, 3.63) is 59.5 Å². The van der Waals surface area contributed by atoms with Crippen LogP contribution in [-0.4, -0.2) is 27.6 Å². The second-order valence-electron chi connectivity index (χ2n) is 8.11. The molecule has 0 bridgehead atoms. The number of carbonyl (C=O) groups excluding carboxylic acids is 2. The van der Waals surface area contributed by atoms with Crippen LogP contribution in [-0.2, 0) is 16.0 Å². The Morgan fingerprint density at radius 2 is 2.03 bits per heavy atom. The van der Waals surface area contributed by atoms with E-state index in [0.29, 0.717) is 12.2 Å². The van der Waals surface area contributed by atoms with Gasteiger partial charge < -0.3 is 10.6 Å². The van der Waals surface area contributed by atoms with E-state index in [1.54, 1.807) is 16.0 Å². The van der Waals surface area contributed by atoms with Gasteiger partial charge in [-0.15, -0.1) is 11.3 Å². The maximum Gasteiger partial charge on any atom is 0.227 e. The van der Waals surface area contributed by atoms with Crippen LogP contribution in [0.4, 0.5) is 5.82 Å². The molecule has 0 aliphatic carbocycles. The van der Waals surface area contributed by atoms with Crippen LogP contribution in [0.3, 0.4) is 0 Å². The molecule has 0 radical (unpaired) electrons. The van der Waals surface area contributed by atoms with E-state index in [4.69, 9.17) is 5.10 Å². The highest BCUT2D eigenvalue weighted by Gasteiger charge is 2.34. The summed E-state index contributed by atoms with van der Waals surface area (Å²) in [5, 5.41) is 16.1. The second kappa shape index (κ2) is 10.1. The van der Waals surface area contributed by atoms with Crippen LogP contribution in [0.25, 0.3) is 10.6 Å². The highest BCUT2D eigenvalue weighted by atomic mass is 32.1. The van der Waals surface area contributed by atoms with Gasteiger partial charge >= 0.3 is 0 Å². The molecule has 8 heteroatoms. The molecule has 3 aromatic rings. The molecule has 2 amide bonds. The zero-order chi connectivity index (χ0) is 22.5. The molecule has 3 unspecified atom stereocenters. The number of aryl methyl sites for hydroxylation is 1. The van der Waals surface area contributed by atoms with Crippen molar-refractivity contribution < 1.29 is 9.59 Å². The van der Waals surface area contributed by atoms with Crippen molar-refractivity contribution in [1.82, 2.24) is 20.4 Å². The first-order valence-corrected chi connectivity index (χ1v) is 12.0. The van der Waals surface area contributed by atoms with Crippen molar-refractivity contribution in [2.45, 2.75) is 51.9 Å². The Labute approximate surface area is 192 Å². The first kappa shape index (κ1) is 22.2. The maximum absolute atomic E-state index is 12.7. The highest BCUT2D eigenvalue weighted by Crippen LogP contribution is 2.28. The van der Waals surface area contributed by atoms with E-state index in [1.165, 1.54) is 5.56 Å². The fourth-order valence-corrected chi connectivity index (χ4v) is 4.76. The van der Waals surface area contributed by atoms with Crippen molar-refractivity contribution >= 4 is 29.0 Å². The molecule has 0 spiro atoms. The number of anilines is 1. The average Bonchev–Trinajstić information content (AvgIpc) is 3.44. The van der Waals surface area contributed by atoms with E-state index in [1.807, 2.05) is 55.6 Å². The number of nitrogens with zero attached hydrogens (tertiary/aromatic N) is 2. The van der Waals surface area contributed by atoms with Crippen molar-refractivity contribution in [2.75, 3.05) is 5.32 Å². The summed E-state index contributed by atoms with van der Waals surface area (Å²) in [6.07, 6.45) is 2.26. The summed E-state index contributed by atoms with van der Waals surface area (Å²) < 4.78 is 1.67. The predicted molar refractivity (Wildman–Crippen MR) is 127 cm³/mol. The number of carbonyl (C=O) groups is 2. The quantitative estimate of drug-likeness (QED) is 0.480. The monoisotopic (exact) mass is 451 g/mol. The van der Waals surface area contributed by atoms with Crippen LogP contribution in [0.2, 0.25) is 0 Å². The van der Waals surface area contributed by atoms with Gasteiger partial charge in [0.25, 0.3) is 0 Å². The summed E-state index contributed by atoms with van der Waals surface area (Å²) in [5.41, 5.74) is 1.99. The molecule has 1 aliphatic heterocycles. The van der Waals surface area contributed by atoms with E-state index in [9.17, 15) is 9.59 Å². The third kappa shape index (κ3) is 5.08. The summed E-state index contributed by atoms with van der Waals surface area (Å²) in [5.74, 6) is 0.408. The smallest absolute Gasteiger partial charge is 0.227 e. The molecular weight excluding hydrogens is 422 g/mol. The molecule has 1 fully saturated rings. The zero-order valence-corrected chi connectivity index (χ0v) is 19.2. The van der Waals surface area contributed by atoms with Crippen LogP contribution in [0, 0.1) is 5.92 Å². The lowest BCUT2D eigenvalue weighted by atomic mass is 9.95. The van der Waals surface area contributed by atoms with E-state index < -0.39 is 6.29 Å². The van der Waals surface area contributed by atoms with Crippen LogP contribution in [0.5, 0.6) is 0 Å². The normalized spacial score (nSPS) is 20.7. The number of amides is 2. The van der Waals surface area contributed by atoms with Gasteiger partial charge in [-0.1, -0.05) is 43.3 Å². The van der Waals surface area contributed by atoms with Crippen LogP contribution in [0.1, 0.15) is 45.0 Å². The lowest BCUT2D eigenvalue weighted by Gasteiger charge is -2.35. The highest BCUT2D eigenvalue weighted by molar-refractivity contribution is 7.13. The number of thiophene rings is 1. The molecule has 1 aliphatic rings. The Bertz CT molecular complexity index is 1050. The molecule has 3 atom stereocenters.